The summed E-state index contributed by atoms with van der Waals surface area (Å²) in [4.78, 5) is 28.0. The van der Waals surface area contributed by atoms with Crippen LogP contribution >= 0.6 is 11.3 Å². The maximum absolute atomic E-state index is 12.7. The zero-order valence-corrected chi connectivity index (χ0v) is 17.5. The molecule has 2 N–H and O–H groups in total. The molecule has 0 unspecified atom stereocenters. The summed E-state index contributed by atoms with van der Waals surface area (Å²) < 4.78 is 0. The Labute approximate surface area is 179 Å². The molecule has 3 rings (SSSR count). The maximum atomic E-state index is 12.7. The first-order valence-electron chi connectivity index (χ1n) is 9.25. The first-order chi connectivity index (χ1) is 14.5. The summed E-state index contributed by atoms with van der Waals surface area (Å²) in [5.41, 5.74) is 4.98. The van der Waals surface area contributed by atoms with Crippen molar-refractivity contribution in [2.45, 2.75) is 0 Å². The van der Waals surface area contributed by atoms with Crippen LogP contribution in [0.25, 0.3) is 6.08 Å². The Morgan fingerprint density at radius 3 is 2.33 bits per heavy atom. The summed E-state index contributed by atoms with van der Waals surface area (Å²) >= 11 is 1.47. The van der Waals surface area contributed by atoms with E-state index in [4.69, 9.17) is 0 Å². The fourth-order valence-electron chi connectivity index (χ4n) is 2.54. The van der Waals surface area contributed by atoms with Crippen LogP contribution in [0.3, 0.4) is 0 Å². The van der Waals surface area contributed by atoms with Crippen LogP contribution in [-0.2, 0) is 4.79 Å². The van der Waals surface area contributed by atoms with E-state index in [1.807, 2.05) is 66.8 Å². The highest BCUT2D eigenvalue weighted by Gasteiger charge is 2.14. The molecule has 0 saturated carbocycles. The van der Waals surface area contributed by atoms with Gasteiger partial charge in [0, 0.05) is 30.2 Å². The average molecular weight is 419 g/mol. The molecule has 1 heterocycles. The van der Waals surface area contributed by atoms with Crippen molar-refractivity contribution in [3.8, 4) is 0 Å². The normalized spacial score (nSPS) is 11.3. The van der Waals surface area contributed by atoms with Gasteiger partial charge in [0.15, 0.2) is 0 Å². The number of thiophene rings is 1. The quantitative estimate of drug-likeness (QED) is 0.349. The van der Waals surface area contributed by atoms with Gasteiger partial charge in [0.2, 0.25) is 0 Å². The van der Waals surface area contributed by atoms with Crippen molar-refractivity contribution in [1.29, 1.82) is 0 Å². The van der Waals surface area contributed by atoms with Crippen LogP contribution in [0.4, 0.5) is 5.69 Å². The van der Waals surface area contributed by atoms with Gasteiger partial charge in [-0.05, 0) is 47.4 Å². The molecule has 0 atom stereocenters. The Bertz CT molecular complexity index is 1040. The Morgan fingerprint density at radius 2 is 1.70 bits per heavy atom. The van der Waals surface area contributed by atoms with Gasteiger partial charge in [-0.1, -0.05) is 36.4 Å². The fourth-order valence-corrected chi connectivity index (χ4v) is 3.20. The van der Waals surface area contributed by atoms with E-state index in [2.05, 4.69) is 15.8 Å². The van der Waals surface area contributed by atoms with Crippen LogP contribution in [0.1, 0.15) is 20.8 Å². The van der Waals surface area contributed by atoms with E-state index in [1.54, 1.807) is 36.6 Å². The predicted molar refractivity (Wildman–Crippen MR) is 123 cm³/mol. The molecule has 152 valence electrons. The lowest BCUT2D eigenvalue weighted by atomic mass is 10.2. The molecule has 7 heteroatoms. The van der Waals surface area contributed by atoms with Crippen LogP contribution in [0.5, 0.6) is 0 Å². The summed E-state index contributed by atoms with van der Waals surface area (Å²) in [6.45, 7) is 0. The molecule has 2 amide bonds. The Morgan fingerprint density at radius 1 is 0.967 bits per heavy atom. The molecule has 3 aromatic rings. The first kappa shape index (κ1) is 21.0. The summed E-state index contributed by atoms with van der Waals surface area (Å²) in [5, 5.41) is 8.60. The number of hydrazone groups is 1. The van der Waals surface area contributed by atoms with E-state index in [9.17, 15) is 9.59 Å². The Balaban J connectivity index is 1.71. The monoisotopic (exact) mass is 418 g/mol. The third kappa shape index (κ3) is 5.89. The molecule has 0 fully saturated rings. The molecule has 0 bridgehead atoms. The van der Waals surface area contributed by atoms with E-state index < -0.39 is 5.91 Å². The molecule has 0 aliphatic rings. The lowest BCUT2D eigenvalue weighted by Crippen LogP contribution is -2.32. The first-order valence-corrected chi connectivity index (χ1v) is 10.1. The van der Waals surface area contributed by atoms with Crippen molar-refractivity contribution in [3.05, 3.63) is 93.8 Å². The third-order valence-electron chi connectivity index (χ3n) is 4.15. The molecular weight excluding hydrogens is 396 g/mol. The number of benzene rings is 2. The number of rotatable bonds is 7. The molecule has 0 aliphatic carbocycles. The number of hydrogen-bond donors (Lipinski definition) is 2. The number of hydrogen-bond acceptors (Lipinski definition) is 5. The van der Waals surface area contributed by atoms with E-state index >= 15 is 0 Å². The molecule has 0 aliphatic heterocycles. The molecule has 0 spiro atoms. The number of carbonyl (C=O) groups excluding carboxylic acids is 2. The Kier molecular flexibility index (Phi) is 7.13. The van der Waals surface area contributed by atoms with Crippen molar-refractivity contribution < 1.29 is 9.59 Å². The SMILES string of the molecule is CN(C)c1ccc(/C=N/NC(=O)/C(=C\c2cccs2)NC(=O)c2ccccc2)cc1. The summed E-state index contributed by atoms with van der Waals surface area (Å²) in [5.74, 6) is -0.870. The number of amides is 2. The topological polar surface area (TPSA) is 73.8 Å². The van der Waals surface area contributed by atoms with Crippen LogP contribution < -0.4 is 15.6 Å². The lowest BCUT2D eigenvalue weighted by molar-refractivity contribution is -0.117. The molecule has 30 heavy (non-hydrogen) atoms. The van der Waals surface area contributed by atoms with Crippen molar-refractivity contribution in [1.82, 2.24) is 10.7 Å². The van der Waals surface area contributed by atoms with E-state index in [0.29, 0.717) is 5.56 Å². The summed E-state index contributed by atoms with van der Waals surface area (Å²) in [6.07, 6.45) is 3.18. The molecule has 1 aromatic heterocycles. The van der Waals surface area contributed by atoms with Gasteiger partial charge in [0.25, 0.3) is 11.8 Å². The smallest absolute Gasteiger partial charge is 0.287 e. The zero-order valence-electron chi connectivity index (χ0n) is 16.7. The molecule has 2 aromatic carbocycles. The maximum Gasteiger partial charge on any atom is 0.287 e. The average Bonchev–Trinajstić information content (AvgIpc) is 3.27. The lowest BCUT2D eigenvalue weighted by Gasteiger charge is -2.11. The van der Waals surface area contributed by atoms with E-state index in [1.165, 1.54) is 11.3 Å². The minimum absolute atomic E-state index is 0.117. The van der Waals surface area contributed by atoms with Crippen LogP contribution in [-0.4, -0.2) is 32.1 Å². The van der Waals surface area contributed by atoms with Gasteiger partial charge in [-0.3, -0.25) is 9.59 Å². The standard InChI is InChI=1S/C23H22N4O2S/c1-27(2)19-12-10-17(11-13-19)16-24-26-23(29)21(15-20-9-6-14-30-20)25-22(28)18-7-4-3-5-8-18/h3-16H,1-2H3,(H,25,28)(H,26,29)/b21-15+,24-16+. The molecular formula is C23H22N4O2S. The van der Waals surface area contributed by atoms with Gasteiger partial charge in [0.1, 0.15) is 5.70 Å². The number of nitrogens with one attached hydrogen (secondary N) is 2. The number of anilines is 1. The fraction of sp³-hybridized carbons (Fsp3) is 0.0870. The third-order valence-corrected chi connectivity index (χ3v) is 4.97. The van der Waals surface area contributed by atoms with Gasteiger partial charge in [-0.25, -0.2) is 5.43 Å². The van der Waals surface area contributed by atoms with Crippen molar-refractivity contribution in [3.63, 3.8) is 0 Å². The van der Waals surface area contributed by atoms with Crippen molar-refractivity contribution in [2.24, 2.45) is 5.10 Å². The van der Waals surface area contributed by atoms with Crippen molar-refractivity contribution in [2.75, 3.05) is 19.0 Å². The molecule has 0 saturated heterocycles. The van der Waals surface area contributed by atoms with Crippen LogP contribution in [0, 0.1) is 0 Å². The predicted octanol–water partition coefficient (Wildman–Crippen LogP) is 3.74. The van der Waals surface area contributed by atoms with Crippen LogP contribution in [0.2, 0.25) is 0 Å². The summed E-state index contributed by atoms with van der Waals surface area (Å²) in [6, 6.07) is 20.2. The van der Waals surface area contributed by atoms with Crippen LogP contribution in [0.15, 0.2) is 82.9 Å². The Hall–Kier alpha value is -3.71. The van der Waals surface area contributed by atoms with Gasteiger partial charge in [0.05, 0.1) is 6.21 Å². The highest BCUT2D eigenvalue weighted by atomic mass is 32.1. The van der Waals surface area contributed by atoms with Gasteiger partial charge in [-0.2, -0.15) is 5.10 Å². The van der Waals surface area contributed by atoms with E-state index in [0.717, 1.165) is 16.1 Å². The molecule has 0 radical (unpaired) electrons. The molecule has 6 nitrogen and oxygen atoms in total. The highest BCUT2D eigenvalue weighted by Crippen LogP contribution is 2.13. The highest BCUT2D eigenvalue weighted by molar-refractivity contribution is 7.10. The minimum atomic E-state index is -0.506. The minimum Gasteiger partial charge on any atom is -0.378 e. The largest absolute Gasteiger partial charge is 0.378 e. The second-order valence-corrected chi connectivity index (χ2v) is 7.56. The zero-order chi connectivity index (χ0) is 21.3. The van der Waals surface area contributed by atoms with E-state index in [-0.39, 0.29) is 11.6 Å². The number of carbonyl (C=O) groups is 2. The summed E-state index contributed by atoms with van der Waals surface area (Å²) in [7, 11) is 3.93. The van der Waals surface area contributed by atoms with Gasteiger partial charge >= 0.3 is 0 Å². The second kappa shape index (κ2) is 10.2. The number of nitrogens with zero attached hydrogens (tertiary/aromatic N) is 2. The van der Waals surface area contributed by atoms with Crippen molar-refractivity contribution >= 4 is 41.1 Å². The van der Waals surface area contributed by atoms with Gasteiger partial charge < -0.3 is 10.2 Å². The van der Waals surface area contributed by atoms with Gasteiger partial charge in [-0.15, -0.1) is 11.3 Å². The second-order valence-electron chi connectivity index (χ2n) is 6.58.